The molecule has 0 N–H and O–H groups in total. The Morgan fingerprint density at radius 3 is 0.915 bits per heavy atom. The van der Waals surface area contributed by atoms with Crippen LogP contribution >= 0.6 is 0 Å². The Balaban J connectivity index is 4.29. The lowest BCUT2D eigenvalue weighted by atomic mass is 10.0. The van der Waals surface area contributed by atoms with Crippen LogP contribution in [0.1, 0.15) is 303 Å². The topological polar surface area (TPSA) is 78.9 Å². The molecule has 1 atom stereocenters. The molecule has 0 radical (unpaired) electrons. The molecule has 71 heavy (non-hydrogen) atoms. The molecule has 0 aromatic rings. The van der Waals surface area contributed by atoms with Crippen molar-refractivity contribution in [2.75, 3.05) is 13.2 Å². The highest BCUT2D eigenvalue weighted by atomic mass is 16.6. The highest BCUT2D eigenvalue weighted by Gasteiger charge is 2.19. The zero-order valence-corrected chi connectivity index (χ0v) is 47.0. The second-order valence-electron chi connectivity index (χ2n) is 20.2. The average molecular weight is 992 g/mol. The number of carbonyl (C=O) groups is 3. The standard InChI is InChI=1S/C65H114O6/c1-4-7-10-13-16-19-22-24-26-28-30-31-32-33-35-36-38-40-43-46-49-52-55-58-64(67)70-61-62(60-69-63(66)57-54-51-48-45-42-21-18-15-12-9-6-3)71-65(68)59-56-53-50-47-44-41-39-37-34-29-27-25-23-20-17-14-11-8-5-2/h7,10,15-16,18-19,24-27,30-31,62H,4-6,8-9,11-14,17,20-23,28-29,32-61H2,1-3H3/b10-7-,18-15-,19-16-,26-24-,27-25-,31-30-. The number of carbonyl (C=O) groups excluding carboxylic acids is 3. The van der Waals surface area contributed by atoms with Crippen molar-refractivity contribution in [2.45, 2.75) is 309 Å². The molecule has 0 aliphatic carbocycles. The molecule has 0 fully saturated rings. The second-order valence-corrected chi connectivity index (χ2v) is 20.2. The van der Waals surface area contributed by atoms with Gasteiger partial charge in [-0.3, -0.25) is 14.4 Å². The molecule has 0 bridgehead atoms. The summed E-state index contributed by atoms with van der Waals surface area (Å²) in [7, 11) is 0. The lowest BCUT2D eigenvalue weighted by Crippen LogP contribution is -2.30. The third kappa shape index (κ3) is 57.6. The van der Waals surface area contributed by atoms with Crippen LogP contribution in [0.5, 0.6) is 0 Å². The Hall–Kier alpha value is -3.15. The maximum atomic E-state index is 12.9. The first-order valence-electron chi connectivity index (χ1n) is 30.4. The van der Waals surface area contributed by atoms with Crippen molar-refractivity contribution in [3.8, 4) is 0 Å². The summed E-state index contributed by atoms with van der Waals surface area (Å²) in [5.74, 6) is -0.885. The summed E-state index contributed by atoms with van der Waals surface area (Å²) in [4.78, 5) is 38.2. The van der Waals surface area contributed by atoms with Gasteiger partial charge in [0.2, 0.25) is 0 Å². The first-order chi connectivity index (χ1) is 35.0. The van der Waals surface area contributed by atoms with E-state index in [1.807, 2.05) is 0 Å². The van der Waals surface area contributed by atoms with Crippen LogP contribution in [-0.2, 0) is 28.6 Å². The zero-order chi connectivity index (χ0) is 51.4. The molecule has 6 heteroatoms. The predicted molar refractivity (Wildman–Crippen MR) is 307 cm³/mol. The fraction of sp³-hybridized carbons (Fsp3) is 0.769. The fourth-order valence-corrected chi connectivity index (χ4v) is 8.59. The summed E-state index contributed by atoms with van der Waals surface area (Å²) in [6, 6.07) is 0. The molecule has 1 unspecified atom stereocenters. The summed E-state index contributed by atoms with van der Waals surface area (Å²) in [5, 5.41) is 0. The lowest BCUT2D eigenvalue weighted by molar-refractivity contribution is -0.167. The van der Waals surface area contributed by atoms with Gasteiger partial charge in [-0.1, -0.05) is 254 Å². The number of unbranched alkanes of at least 4 members (excludes halogenated alkanes) is 32. The maximum Gasteiger partial charge on any atom is 0.306 e. The summed E-state index contributed by atoms with van der Waals surface area (Å²) in [5.41, 5.74) is 0. The predicted octanol–water partition coefficient (Wildman–Crippen LogP) is 20.5. The van der Waals surface area contributed by atoms with Crippen molar-refractivity contribution in [1.82, 2.24) is 0 Å². The van der Waals surface area contributed by atoms with Gasteiger partial charge < -0.3 is 14.2 Å². The number of hydrogen-bond donors (Lipinski definition) is 0. The lowest BCUT2D eigenvalue weighted by Gasteiger charge is -2.18. The Morgan fingerprint density at radius 2 is 0.563 bits per heavy atom. The van der Waals surface area contributed by atoms with E-state index < -0.39 is 6.10 Å². The van der Waals surface area contributed by atoms with Gasteiger partial charge in [-0.2, -0.15) is 0 Å². The average Bonchev–Trinajstić information content (AvgIpc) is 3.37. The van der Waals surface area contributed by atoms with E-state index in [4.69, 9.17) is 14.2 Å². The number of allylic oxidation sites excluding steroid dienone is 12. The number of esters is 3. The van der Waals surface area contributed by atoms with E-state index in [0.29, 0.717) is 19.3 Å². The van der Waals surface area contributed by atoms with Gasteiger partial charge in [-0.05, 0) is 103 Å². The molecule has 0 spiro atoms. The van der Waals surface area contributed by atoms with Gasteiger partial charge in [-0.15, -0.1) is 0 Å². The molecule has 0 amide bonds. The van der Waals surface area contributed by atoms with Gasteiger partial charge in [0, 0.05) is 19.3 Å². The molecule has 0 aromatic carbocycles. The van der Waals surface area contributed by atoms with Gasteiger partial charge in [0.25, 0.3) is 0 Å². The van der Waals surface area contributed by atoms with Crippen LogP contribution in [0.25, 0.3) is 0 Å². The zero-order valence-electron chi connectivity index (χ0n) is 47.0. The van der Waals surface area contributed by atoms with Gasteiger partial charge in [0.05, 0.1) is 0 Å². The molecular weight excluding hydrogens is 877 g/mol. The molecule has 0 aliphatic rings. The maximum absolute atomic E-state index is 12.9. The van der Waals surface area contributed by atoms with Crippen molar-refractivity contribution < 1.29 is 28.6 Å². The normalized spacial score (nSPS) is 12.5. The van der Waals surface area contributed by atoms with Crippen molar-refractivity contribution in [1.29, 1.82) is 0 Å². The first-order valence-corrected chi connectivity index (χ1v) is 30.4. The molecule has 0 aromatic heterocycles. The van der Waals surface area contributed by atoms with Crippen molar-refractivity contribution in [3.63, 3.8) is 0 Å². The number of hydrogen-bond acceptors (Lipinski definition) is 6. The molecule has 0 rings (SSSR count). The summed E-state index contributed by atoms with van der Waals surface area (Å²) in [6.07, 6.45) is 76.1. The molecule has 6 nitrogen and oxygen atoms in total. The second kappa shape index (κ2) is 59.4. The third-order valence-electron chi connectivity index (χ3n) is 13.2. The van der Waals surface area contributed by atoms with E-state index in [1.165, 1.54) is 173 Å². The van der Waals surface area contributed by atoms with Crippen LogP contribution in [-0.4, -0.2) is 37.2 Å². The minimum atomic E-state index is -0.781. The van der Waals surface area contributed by atoms with Gasteiger partial charge in [-0.25, -0.2) is 0 Å². The van der Waals surface area contributed by atoms with Crippen LogP contribution in [0.4, 0.5) is 0 Å². The number of ether oxygens (including phenoxy) is 3. The van der Waals surface area contributed by atoms with Crippen molar-refractivity contribution in [3.05, 3.63) is 72.9 Å². The summed E-state index contributed by atoms with van der Waals surface area (Å²) >= 11 is 0. The Morgan fingerprint density at radius 1 is 0.296 bits per heavy atom. The SMILES string of the molecule is CC/C=C\C/C=C\C/C=C\C/C=C\CCCCCCCCCCCCC(=O)OCC(COC(=O)CCCCCCC/C=C\CCCC)OC(=O)CCCCCCCCCCC/C=C\CCCCCCCC. The van der Waals surface area contributed by atoms with E-state index in [2.05, 4.69) is 93.7 Å². The number of rotatable bonds is 55. The minimum Gasteiger partial charge on any atom is -0.462 e. The van der Waals surface area contributed by atoms with Gasteiger partial charge >= 0.3 is 17.9 Å². The largest absolute Gasteiger partial charge is 0.462 e. The monoisotopic (exact) mass is 991 g/mol. The van der Waals surface area contributed by atoms with Crippen LogP contribution < -0.4 is 0 Å². The minimum absolute atomic E-state index is 0.0797. The van der Waals surface area contributed by atoms with Crippen LogP contribution in [0.2, 0.25) is 0 Å². The Labute approximate surface area is 440 Å². The van der Waals surface area contributed by atoms with Crippen LogP contribution in [0, 0.1) is 0 Å². The molecule has 0 saturated carbocycles. The quantitative estimate of drug-likeness (QED) is 0.0261. The highest BCUT2D eigenvalue weighted by molar-refractivity contribution is 5.71. The van der Waals surface area contributed by atoms with Crippen molar-refractivity contribution >= 4 is 17.9 Å². The summed E-state index contributed by atoms with van der Waals surface area (Å²) in [6.45, 7) is 6.50. The van der Waals surface area contributed by atoms with Crippen LogP contribution in [0.15, 0.2) is 72.9 Å². The fourth-order valence-electron chi connectivity index (χ4n) is 8.59. The van der Waals surface area contributed by atoms with Crippen LogP contribution in [0.3, 0.4) is 0 Å². The Kier molecular flexibility index (Phi) is 56.8. The molecular formula is C65H114O6. The van der Waals surface area contributed by atoms with E-state index in [1.54, 1.807) is 0 Å². The van der Waals surface area contributed by atoms with E-state index in [0.717, 1.165) is 89.9 Å². The third-order valence-corrected chi connectivity index (χ3v) is 13.2. The van der Waals surface area contributed by atoms with E-state index in [9.17, 15) is 14.4 Å². The molecule has 0 saturated heterocycles. The smallest absolute Gasteiger partial charge is 0.306 e. The first kappa shape index (κ1) is 67.8. The molecule has 410 valence electrons. The van der Waals surface area contributed by atoms with E-state index >= 15 is 0 Å². The summed E-state index contributed by atoms with van der Waals surface area (Å²) < 4.78 is 16.9. The van der Waals surface area contributed by atoms with E-state index in [-0.39, 0.29) is 31.1 Å². The van der Waals surface area contributed by atoms with Gasteiger partial charge in [0.1, 0.15) is 13.2 Å². The van der Waals surface area contributed by atoms with Gasteiger partial charge in [0.15, 0.2) is 6.10 Å². The molecule has 0 aliphatic heterocycles. The molecule has 0 heterocycles. The van der Waals surface area contributed by atoms with Crippen molar-refractivity contribution in [2.24, 2.45) is 0 Å². The Bertz CT molecular complexity index is 1320. The highest BCUT2D eigenvalue weighted by Crippen LogP contribution is 2.16.